The van der Waals surface area contributed by atoms with E-state index in [2.05, 4.69) is 19.2 Å². The second-order valence-electron chi connectivity index (χ2n) is 5.43. The SMILES string of the molecule is CCCCCCC(C)NC(C)c1cc(F)c(Cl)cc1Cl. The fourth-order valence-corrected chi connectivity index (χ4v) is 2.89. The van der Waals surface area contributed by atoms with Crippen molar-refractivity contribution in [3.63, 3.8) is 0 Å². The highest BCUT2D eigenvalue weighted by molar-refractivity contribution is 6.35. The summed E-state index contributed by atoms with van der Waals surface area (Å²) in [5.41, 5.74) is 0.758. The van der Waals surface area contributed by atoms with Crippen LogP contribution in [0.4, 0.5) is 4.39 Å². The van der Waals surface area contributed by atoms with Crippen molar-refractivity contribution in [1.82, 2.24) is 5.32 Å². The molecule has 1 N–H and O–H groups in total. The summed E-state index contributed by atoms with van der Waals surface area (Å²) in [4.78, 5) is 0. The van der Waals surface area contributed by atoms with E-state index in [1.54, 1.807) is 0 Å². The molecule has 1 rings (SSSR count). The smallest absolute Gasteiger partial charge is 0.142 e. The Balaban J connectivity index is 2.53. The number of nitrogens with one attached hydrogen (secondary N) is 1. The lowest BCUT2D eigenvalue weighted by Gasteiger charge is -2.21. The van der Waals surface area contributed by atoms with E-state index in [1.165, 1.54) is 37.8 Å². The normalized spacial score (nSPS) is 14.3. The van der Waals surface area contributed by atoms with Crippen molar-refractivity contribution in [2.24, 2.45) is 0 Å². The van der Waals surface area contributed by atoms with E-state index in [0.29, 0.717) is 11.1 Å². The molecule has 0 saturated carbocycles. The second-order valence-corrected chi connectivity index (χ2v) is 6.24. The summed E-state index contributed by atoms with van der Waals surface area (Å²) in [5.74, 6) is -0.421. The minimum atomic E-state index is -0.421. The first-order valence-corrected chi connectivity index (χ1v) is 8.11. The van der Waals surface area contributed by atoms with Crippen molar-refractivity contribution < 1.29 is 4.39 Å². The lowest BCUT2D eigenvalue weighted by molar-refractivity contribution is 0.437. The van der Waals surface area contributed by atoms with Crippen molar-refractivity contribution in [3.05, 3.63) is 33.6 Å². The third kappa shape index (κ3) is 5.59. The number of benzene rings is 1. The molecule has 0 aliphatic carbocycles. The van der Waals surface area contributed by atoms with Gasteiger partial charge in [0.25, 0.3) is 0 Å². The maximum atomic E-state index is 13.5. The maximum Gasteiger partial charge on any atom is 0.142 e. The van der Waals surface area contributed by atoms with Crippen LogP contribution in [-0.2, 0) is 0 Å². The summed E-state index contributed by atoms with van der Waals surface area (Å²) in [6.45, 7) is 6.36. The molecule has 0 bridgehead atoms. The van der Waals surface area contributed by atoms with Crippen LogP contribution in [0.2, 0.25) is 10.0 Å². The molecule has 1 aromatic carbocycles. The number of unbranched alkanes of at least 4 members (excludes halogenated alkanes) is 3. The Kier molecular flexibility index (Phi) is 7.86. The van der Waals surface area contributed by atoms with Gasteiger partial charge in [-0.1, -0.05) is 55.8 Å². The maximum absolute atomic E-state index is 13.5. The summed E-state index contributed by atoms with van der Waals surface area (Å²) in [5, 5.41) is 4.04. The van der Waals surface area contributed by atoms with Gasteiger partial charge in [-0.15, -0.1) is 0 Å². The first kappa shape index (κ1) is 17.7. The van der Waals surface area contributed by atoms with Crippen LogP contribution in [0.25, 0.3) is 0 Å². The van der Waals surface area contributed by atoms with Crippen molar-refractivity contribution in [2.45, 2.75) is 65.0 Å². The third-order valence-corrected chi connectivity index (χ3v) is 4.15. The molecule has 2 atom stereocenters. The molecule has 0 amide bonds. The first-order valence-electron chi connectivity index (χ1n) is 7.36. The molecule has 0 aromatic heterocycles. The Labute approximate surface area is 131 Å². The van der Waals surface area contributed by atoms with Crippen molar-refractivity contribution in [1.29, 1.82) is 0 Å². The Morgan fingerprint density at radius 3 is 2.45 bits per heavy atom. The van der Waals surface area contributed by atoms with Crippen LogP contribution in [-0.4, -0.2) is 6.04 Å². The highest BCUT2D eigenvalue weighted by Crippen LogP contribution is 2.29. The molecule has 0 aliphatic rings. The van der Waals surface area contributed by atoms with Crippen LogP contribution in [0.1, 0.15) is 64.5 Å². The highest BCUT2D eigenvalue weighted by atomic mass is 35.5. The number of hydrogen-bond donors (Lipinski definition) is 1. The number of rotatable bonds is 8. The van der Waals surface area contributed by atoms with Gasteiger partial charge in [0.1, 0.15) is 5.82 Å². The van der Waals surface area contributed by atoms with Crippen LogP contribution in [0.15, 0.2) is 12.1 Å². The molecule has 114 valence electrons. The van der Waals surface area contributed by atoms with Crippen LogP contribution < -0.4 is 5.32 Å². The molecule has 20 heavy (non-hydrogen) atoms. The summed E-state index contributed by atoms with van der Waals surface area (Å²) < 4.78 is 13.5. The Bertz CT molecular complexity index is 423. The zero-order chi connectivity index (χ0) is 15.1. The zero-order valence-corrected chi connectivity index (χ0v) is 14.0. The van der Waals surface area contributed by atoms with Gasteiger partial charge in [-0.3, -0.25) is 0 Å². The summed E-state index contributed by atoms with van der Waals surface area (Å²) in [6.07, 6.45) is 6.15. The quantitative estimate of drug-likeness (QED) is 0.448. The van der Waals surface area contributed by atoms with Crippen LogP contribution >= 0.6 is 23.2 Å². The van der Waals surface area contributed by atoms with Crippen molar-refractivity contribution >= 4 is 23.2 Å². The average Bonchev–Trinajstić information content (AvgIpc) is 2.38. The van der Waals surface area contributed by atoms with Crippen LogP contribution in [0, 0.1) is 5.82 Å². The van der Waals surface area contributed by atoms with E-state index in [0.717, 1.165) is 12.0 Å². The van der Waals surface area contributed by atoms with Gasteiger partial charge in [-0.2, -0.15) is 0 Å². The molecule has 0 fully saturated rings. The Morgan fingerprint density at radius 1 is 1.10 bits per heavy atom. The Morgan fingerprint density at radius 2 is 1.80 bits per heavy atom. The summed E-state index contributed by atoms with van der Waals surface area (Å²) in [6, 6.07) is 3.29. The van der Waals surface area contributed by atoms with Gasteiger partial charge in [0.2, 0.25) is 0 Å². The molecule has 2 unspecified atom stereocenters. The predicted octanol–water partition coefficient (Wildman–Crippen LogP) is 6.14. The fourth-order valence-electron chi connectivity index (χ4n) is 2.35. The summed E-state index contributed by atoms with van der Waals surface area (Å²) >= 11 is 11.8. The minimum absolute atomic E-state index is 0.00967. The molecule has 1 aromatic rings. The van der Waals surface area contributed by atoms with Gasteiger partial charge in [-0.25, -0.2) is 4.39 Å². The molecule has 0 heterocycles. The standard InChI is InChI=1S/C16H24Cl2FN/c1-4-5-6-7-8-11(2)20-12(3)13-9-16(19)15(18)10-14(13)17/h9-12,20H,4-8H2,1-3H3. The molecular weight excluding hydrogens is 296 g/mol. The van der Waals surface area contributed by atoms with Crippen molar-refractivity contribution in [3.8, 4) is 0 Å². The topological polar surface area (TPSA) is 12.0 Å². The van der Waals surface area contributed by atoms with E-state index in [-0.39, 0.29) is 11.1 Å². The predicted molar refractivity (Wildman–Crippen MR) is 86.2 cm³/mol. The molecule has 1 nitrogen and oxygen atoms in total. The molecule has 0 saturated heterocycles. The van der Waals surface area contributed by atoms with Gasteiger partial charge in [0.05, 0.1) is 5.02 Å². The summed E-state index contributed by atoms with van der Waals surface area (Å²) in [7, 11) is 0. The highest BCUT2D eigenvalue weighted by Gasteiger charge is 2.15. The molecule has 4 heteroatoms. The number of halogens is 3. The average molecular weight is 320 g/mol. The van der Waals surface area contributed by atoms with Crippen molar-refractivity contribution in [2.75, 3.05) is 0 Å². The van der Waals surface area contributed by atoms with Gasteiger partial charge in [0, 0.05) is 17.1 Å². The molecule has 0 spiro atoms. The second kappa shape index (κ2) is 8.86. The van der Waals surface area contributed by atoms with E-state index in [1.807, 2.05) is 6.92 Å². The third-order valence-electron chi connectivity index (χ3n) is 3.53. The first-order chi connectivity index (χ1) is 9.45. The molecular formula is C16H24Cl2FN. The lowest BCUT2D eigenvalue weighted by Crippen LogP contribution is -2.29. The van der Waals surface area contributed by atoms with Gasteiger partial charge in [0.15, 0.2) is 0 Å². The van der Waals surface area contributed by atoms with E-state index >= 15 is 0 Å². The number of hydrogen-bond acceptors (Lipinski definition) is 1. The van der Waals surface area contributed by atoms with Crippen LogP contribution in [0.3, 0.4) is 0 Å². The lowest BCUT2D eigenvalue weighted by atomic mass is 10.0. The monoisotopic (exact) mass is 319 g/mol. The molecule has 0 radical (unpaired) electrons. The zero-order valence-electron chi connectivity index (χ0n) is 12.5. The van der Waals surface area contributed by atoms with E-state index in [9.17, 15) is 4.39 Å². The Hall–Kier alpha value is -0.310. The van der Waals surface area contributed by atoms with E-state index in [4.69, 9.17) is 23.2 Å². The van der Waals surface area contributed by atoms with Crippen LogP contribution in [0.5, 0.6) is 0 Å². The van der Waals surface area contributed by atoms with Gasteiger partial charge < -0.3 is 5.32 Å². The molecule has 0 aliphatic heterocycles. The minimum Gasteiger partial charge on any atom is -0.308 e. The van der Waals surface area contributed by atoms with Gasteiger partial charge in [-0.05, 0) is 38.0 Å². The van der Waals surface area contributed by atoms with E-state index < -0.39 is 5.82 Å². The van der Waals surface area contributed by atoms with Gasteiger partial charge >= 0.3 is 0 Å². The largest absolute Gasteiger partial charge is 0.308 e. The fraction of sp³-hybridized carbons (Fsp3) is 0.625.